The van der Waals surface area contributed by atoms with Crippen molar-refractivity contribution < 1.29 is 47.9 Å². The van der Waals surface area contributed by atoms with Crippen molar-refractivity contribution in [1.82, 2.24) is 39.0 Å². The van der Waals surface area contributed by atoms with E-state index in [1.807, 2.05) is 0 Å². The predicted octanol–water partition coefficient (Wildman–Crippen LogP) is 7.53. The van der Waals surface area contributed by atoms with Crippen LogP contribution >= 0.6 is 11.6 Å². The number of esters is 1. The number of imidazole rings is 2. The lowest BCUT2D eigenvalue weighted by molar-refractivity contribution is -0.156. The smallest absolute Gasteiger partial charge is 0.312 e. The summed E-state index contributed by atoms with van der Waals surface area (Å²) in [4.78, 5) is 44.9. The minimum absolute atomic E-state index is 0.0804. The minimum Gasteiger partial charge on any atom is -0.461 e. The zero-order valence-corrected chi connectivity index (χ0v) is 40.6. The second-order valence-electron chi connectivity index (χ2n) is 17.5. The molecule has 6 heterocycles. The molecule has 0 unspecified atom stereocenters. The fourth-order valence-electron chi connectivity index (χ4n) is 8.12. The minimum atomic E-state index is -1.52. The van der Waals surface area contributed by atoms with Gasteiger partial charge in [-0.1, -0.05) is 128 Å². The third kappa shape index (κ3) is 16.2. The molecular formula is C48H69ClF2N10O8. The second-order valence-corrected chi connectivity index (χ2v) is 17.9. The highest BCUT2D eigenvalue weighted by molar-refractivity contribution is 6.63. The van der Waals surface area contributed by atoms with E-state index in [1.165, 1.54) is 105 Å². The van der Waals surface area contributed by atoms with Crippen LogP contribution in [0.15, 0.2) is 12.7 Å². The van der Waals surface area contributed by atoms with Crippen LogP contribution in [0, 0.1) is 36.8 Å². The molecule has 0 aliphatic carbocycles. The van der Waals surface area contributed by atoms with Crippen LogP contribution in [0.5, 0.6) is 0 Å². The molecule has 6 atom stereocenters. The summed E-state index contributed by atoms with van der Waals surface area (Å²) < 4.78 is 46.6. The molecule has 7 N–H and O–H groups in total. The second kappa shape index (κ2) is 28.5. The zero-order chi connectivity index (χ0) is 50.4. The number of nitrogens with zero attached hydrogens (tertiary/aromatic N) is 8. The molecule has 4 aromatic heterocycles. The van der Waals surface area contributed by atoms with Crippen molar-refractivity contribution >= 4 is 56.8 Å². The highest BCUT2D eigenvalue weighted by Crippen LogP contribution is 2.39. The number of carbonyl (C=O) groups excluding carboxylic acids is 2. The van der Waals surface area contributed by atoms with Gasteiger partial charge in [-0.3, -0.25) is 18.7 Å². The summed E-state index contributed by atoms with van der Waals surface area (Å²) in [5, 5.41) is 29.8. The molecule has 0 bridgehead atoms. The average molecular weight is 988 g/mol. The number of hydrogen-bond donors (Lipinski definition) is 5. The summed E-state index contributed by atoms with van der Waals surface area (Å²) >= 11 is 5.24. The number of fused-ring (bicyclic) bond motifs is 2. The Morgan fingerprint density at radius 3 is 1.49 bits per heavy atom. The molecule has 0 amide bonds. The van der Waals surface area contributed by atoms with E-state index in [-0.39, 0.29) is 71.0 Å². The number of ether oxygens (including phenoxy) is 3. The van der Waals surface area contributed by atoms with Crippen molar-refractivity contribution in [3.8, 4) is 24.7 Å². The van der Waals surface area contributed by atoms with Gasteiger partial charge >= 0.3 is 18.1 Å². The summed E-state index contributed by atoms with van der Waals surface area (Å²) in [5.74, 6) is 4.11. The summed E-state index contributed by atoms with van der Waals surface area (Å²) in [5.41, 5.74) is 8.93. The van der Waals surface area contributed by atoms with Crippen molar-refractivity contribution in [2.75, 3.05) is 24.7 Å². The Labute approximate surface area is 407 Å². The maximum atomic E-state index is 13.7. The van der Waals surface area contributed by atoms with Gasteiger partial charge in [0.15, 0.2) is 45.2 Å². The number of anilines is 2. The molecule has 6 rings (SSSR count). The van der Waals surface area contributed by atoms with Crippen LogP contribution in [0.25, 0.3) is 22.3 Å². The molecule has 21 heteroatoms. The lowest BCUT2D eigenvalue weighted by Crippen LogP contribution is -2.43. The van der Waals surface area contributed by atoms with Crippen LogP contribution in [0.3, 0.4) is 0 Å². The third-order valence-corrected chi connectivity index (χ3v) is 12.4. The maximum Gasteiger partial charge on any atom is 0.312 e. The molecule has 4 aromatic rings. The van der Waals surface area contributed by atoms with Gasteiger partial charge in [0.1, 0.15) is 31.3 Å². The number of nitrogens with two attached hydrogens (primary N) is 2. The van der Waals surface area contributed by atoms with E-state index >= 15 is 0 Å². The van der Waals surface area contributed by atoms with Crippen LogP contribution in [-0.4, -0.2) is 102 Å². The highest BCUT2D eigenvalue weighted by Gasteiger charge is 2.50. The quantitative estimate of drug-likeness (QED) is 0.0141. The molecule has 0 spiro atoms. The number of aliphatic hydroxyl groups excluding tert-OH is 3. The summed E-state index contributed by atoms with van der Waals surface area (Å²) in [6.45, 7) is 3.62. The first kappa shape index (κ1) is 56.5. The Balaban J connectivity index is 0.000000251. The van der Waals surface area contributed by atoms with Crippen LogP contribution < -0.4 is 11.5 Å². The van der Waals surface area contributed by atoms with Crippen molar-refractivity contribution in [2.24, 2.45) is 0 Å². The Kier molecular flexibility index (Phi) is 23.4. The third-order valence-electron chi connectivity index (χ3n) is 12.2. The molecule has 2 saturated heterocycles. The summed E-state index contributed by atoms with van der Waals surface area (Å²) in [6, 6.07) is 0. The summed E-state index contributed by atoms with van der Waals surface area (Å²) in [7, 11) is 0. The highest BCUT2D eigenvalue weighted by atomic mass is 35.5. The van der Waals surface area contributed by atoms with Crippen molar-refractivity contribution in [3.05, 3.63) is 24.8 Å². The number of terminal acetylenes is 2. The molecule has 0 radical (unpaired) electrons. The van der Waals surface area contributed by atoms with Crippen LogP contribution in [-0.2, 0) is 23.8 Å². The SMILES string of the molecule is C#C[C@]1(CO)O[C@@H](n2cnc3c(N)nc(F)nc32)C[C@@H]1O.C#C[C@]1(COC(=O)CCCCCCCCCCC)O[C@@H](n2cnc3c(N)nc(F)nc32)C[C@@H]1O.CCCCCCCCCCCC(=O)Cl. The number of carbonyl (C=O) groups is 2. The number of aliphatic hydroxyl groups is 3. The standard InChI is InChI=1S/C24H34FN5O4.C12H23ClO.C12H12FN5O3/c1-3-5-6-7-8-9-10-11-12-13-19(32)33-15-24(4-2)17(31)14-18(34-24)30-16-27-20-21(26)28-23(25)29-22(20)30;1-2-3-4-5-6-7-8-9-10-11-12(13)14;1-2-12(4-19)6(20)3-7(21-12)18-5-15-8-9(14)16-11(13)17-10(8)18/h2,16-18,31H,3,5-15H2,1H3,(H2,26,28,29);2-11H2,1H3;1,5-7,19-20H,3-4H2,(H2,14,16,17)/t17-,18+,24+;;6-,7+,12+/m0.0/s1. The lowest BCUT2D eigenvalue weighted by atomic mass is 9.99. The van der Waals surface area contributed by atoms with Crippen molar-refractivity contribution in [1.29, 1.82) is 0 Å². The first-order chi connectivity index (χ1) is 33.2. The first-order valence-corrected chi connectivity index (χ1v) is 24.5. The number of aromatic nitrogens is 8. The van der Waals surface area contributed by atoms with Gasteiger partial charge in [0.2, 0.25) is 5.24 Å². The Bertz CT molecular complexity index is 2320. The Morgan fingerprint density at radius 2 is 1.10 bits per heavy atom. The average Bonchev–Trinajstić information content (AvgIpc) is 4.11. The number of halogens is 3. The van der Waals surface area contributed by atoms with Gasteiger partial charge in [-0.15, -0.1) is 12.8 Å². The molecule has 2 aliphatic rings. The number of rotatable bonds is 25. The van der Waals surface area contributed by atoms with E-state index in [0.29, 0.717) is 6.42 Å². The van der Waals surface area contributed by atoms with Gasteiger partial charge in [-0.25, -0.2) is 9.97 Å². The lowest BCUT2D eigenvalue weighted by Gasteiger charge is -2.26. The van der Waals surface area contributed by atoms with E-state index in [9.17, 15) is 33.7 Å². The van der Waals surface area contributed by atoms with E-state index in [0.717, 1.165) is 32.1 Å². The van der Waals surface area contributed by atoms with E-state index in [2.05, 4.69) is 55.6 Å². The van der Waals surface area contributed by atoms with Gasteiger partial charge in [0.25, 0.3) is 0 Å². The molecule has 2 fully saturated rings. The largest absolute Gasteiger partial charge is 0.461 e. The molecule has 380 valence electrons. The molecule has 0 aromatic carbocycles. The summed E-state index contributed by atoms with van der Waals surface area (Å²) in [6.07, 6.45) is 30.9. The van der Waals surface area contributed by atoms with Crippen molar-refractivity contribution in [3.63, 3.8) is 0 Å². The Morgan fingerprint density at radius 1 is 0.710 bits per heavy atom. The van der Waals surface area contributed by atoms with E-state index < -0.39 is 54.6 Å². The predicted molar refractivity (Wildman–Crippen MR) is 257 cm³/mol. The van der Waals surface area contributed by atoms with Crippen LogP contribution in [0.4, 0.5) is 20.4 Å². The van der Waals surface area contributed by atoms with Crippen LogP contribution in [0.1, 0.15) is 168 Å². The number of unbranched alkanes of at least 4 members (excludes halogenated alkanes) is 16. The van der Waals surface area contributed by atoms with Crippen molar-refractivity contribution in [2.45, 2.75) is 191 Å². The molecule has 0 saturated carbocycles. The normalized spacial score (nSPS) is 21.8. The van der Waals surface area contributed by atoms with Gasteiger partial charge in [0.05, 0.1) is 19.3 Å². The van der Waals surface area contributed by atoms with Gasteiger partial charge < -0.3 is 41.0 Å². The molecule has 2 aliphatic heterocycles. The molecule has 69 heavy (non-hydrogen) atoms. The maximum absolute atomic E-state index is 13.7. The fraction of sp³-hybridized carbons (Fsp3) is 0.667. The molecular weight excluding hydrogens is 918 g/mol. The van der Waals surface area contributed by atoms with Crippen LogP contribution in [0.2, 0.25) is 0 Å². The number of nitrogen functional groups attached to an aromatic ring is 2. The molecule has 18 nitrogen and oxygen atoms in total. The van der Waals surface area contributed by atoms with E-state index in [4.69, 9.17) is 50.1 Å². The van der Waals surface area contributed by atoms with Gasteiger partial charge in [-0.05, 0) is 24.4 Å². The van der Waals surface area contributed by atoms with Gasteiger partial charge in [0, 0.05) is 25.7 Å². The topological polar surface area (TPSA) is 262 Å². The number of hydrogen-bond acceptors (Lipinski definition) is 16. The van der Waals surface area contributed by atoms with E-state index in [1.54, 1.807) is 0 Å². The Hall–Kier alpha value is -5.09. The fourth-order valence-corrected chi connectivity index (χ4v) is 8.25. The van der Waals surface area contributed by atoms with Gasteiger partial charge in [-0.2, -0.15) is 28.7 Å². The zero-order valence-electron chi connectivity index (χ0n) is 39.8. The first-order valence-electron chi connectivity index (χ1n) is 24.1. The monoisotopic (exact) mass is 986 g/mol.